The largest absolute Gasteiger partial charge is 0.480 e. The van der Waals surface area contributed by atoms with E-state index in [2.05, 4.69) is 27.2 Å². The van der Waals surface area contributed by atoms with Crippen LogP contribution in [0.3, 0.4) is 0 Å². The molecular weight excluding hydrogens is 420 g/mol. The predicted molar refractivity (Wildman–Crippen MR) is 123 cm³/mol. The number of fused-ring (bicyclic) bond motifs is 1. The third-order valence-electron chi connectivity index (χ3n) is 4.64. The standard InChI is InChI=1S/C22H25ClN4O2S/c1-2-3-4-5-6-9-18(21(28)29)30-22-26-19(23)14-20(27-22)25-16-10-11-17-15(13-16)8-7-12-24-17/h7-8,10-14,18H,2-6,9H2,1H3,(H,28,29)(H,25,26,27). The molecule has 6 nitrogen and oxygen atoms in total. The number of anilines is 2. The van der Waals surface area contributed by atoms with Crippen LogP contribution in [-0.4, -0.2) is 31.3 Å². The lowest BCUT2D eigenvalue weighted by molar-refractivity contribution is -0.136. The Bertz CT molecular complexity index is 1000. The summed E-state index contributed by atoms with van der Waals surface area (Å²) in [6.45, 7) is 2.16. The van der Waals surface area contributed by atoms with Crippen molar-refractivity contribution in [3.05, 3.63) is 47.7 Å². The summed E-state index contributed by atoms with van der Waals surface area (Å²) in [7, 11) is 0. The third-order valence-corrected chi connectivity index (χ3v) is 5.95. The van der Waals surface area contributed by atoms with Gasteiger partial charge in [-0.25, -0.2) is 9.97 Å². The molecule has 2 N–H and O–H groups in total. The van der Waals surface area contributed by atoms with E-state index in [9.17, 15) is 9.90 Å². The Kier molecular flexibility index (Phi) is 8.28. The van der Waals surface area contributed by atoms with Crippen LogP contribution in [0.25, 0.3) is 10.9 Å². The average Bonchev–Trinajstić information content (AvgIpc) is 2.72. The van der Waals surface area contributed by atoms with E-state index in [0.29, 0.717) is 17.4 Å². The first kappa shape index (κ1) is 22.3. The number of rotatable bonds is 11. The zero-order valence-electron chi connectivity index (χ0n) is 16.8. The molecule has 0 aliphatic rings. The lowest BCUT2D eigenvalue weighted by Gasteiger charge is -2.12. The number of pyridine rings is 1. The number of halogens is 1. The lowest BCUT2D eigenvalue weighted by atomic mass is 10.1. The minimum Gasteiger partial charge on any atom is -0.480 e. The second-order valence-electron chi connectivity index (χ2n) is 7.04. The maximum atomic E-state index is 11.7. The van der Waals surface area contributed by atoms with E-state index in [4.69, 9.17) is 11.6 Å². The van der Waals surface area contributed by atoms with Gasteiger partial charge in [0, 0.05) is 23.3 Å². The van der Waals surface area contributed by atoms with Gasteiger partial charge in [-0.2, -0.15) is 0 Å². The summed E-state index contributed by atoms with van der Waals surface area (Å²) < 4.78 is 0. The van der Waals surface area contributed by atoms with Crippen molar-refractivity contribution in [3.63, 3.8) is 0 Å². The number of aliphatic carboxylic acids is 1. The average molecular weight is 445 g/mol. The Morgan fingerprint density at radius 3 is 2.80 bits per heavy atom. The number of hydrogen-bond acceptors (Lipinski definition) is 6. The first-order chi connectivity index (χ1) is 14.5. The second kappa shape index (κ2) is 11.1. The van der Waals surface area contributed by atoms with E-state index in [1.54, 1.807) is 12.3 Å². The van der Waals surface area contributed by atoms with E-state index < -0.39 is 11.2 Å². The van der Waals surface area contributed by atoms with E-state index in [0.717, 1.165) is 54.0 Å². The van der Waals surface area contributed by atoms with Gasteiger partial charge >= 0.3 is 5.97 Å². The van der Waals surface area contributed by atoms with Crippen LogP contribution in [-0.2, 0) is 4.79 Å². The molecular formula is C22H25ClN4O2S. The SMILES string of the molecule is CCCCCCCC(Sc1nc(Cl)cc(Nc2ccc3ncccc3c2)n1)C(=O)O. The van der Waals surface area contributed by atoms with Crippen LogP contribution < -0.4 is 5.32 Å². The number of nitrogens with zero attached hydrogens (tertiary/aromatic N) is 3. The van der Waals surface area contributed by atoms with Crippen molar-refractivity contribution in [2.24, 2.45) is 0 Å². The van der Waals surface area contributed by atoms with Gasteiger partial charge < -0.3 is 10.4 Å². The second-order valence-corrected chi connectivity index (χ2v) is 8.60. The third kappa shape index (κ3) is 6.57. The normalized spacial score (nSPS) is 12.1. The number of carboxylic acids is 1. The van der Waals surface area contributed by atoms with E-state index in [1.165, 1.54) is 6.42 Å². The van der Waals surface area contributed by atoms with Crippen LogP contribution in [0.1, 0.15) is 45.4 Å². The monoisotopic (exact) mass is 444 g/mol. The van der Waals surface area contributed by atoms with Crippen LogP contribution in [0.15, 0.2) is 47.8 Å². The molecule has 2 aromatic heterocycles. The zero-order valence-corrected chi connectivity index (χ0v) is 18.4. The van der Waals surface area contributed by atoms with Crippen molar-refractivity contribution < 1.29 is 9.90 Å². The van der Waals surface area contributed by atoms with Crippen LogP contribution >= 0.6 is 23.4 Å². The molecule has 0 aliphatic heterocycles. The smallest absolute Gasteiger partial charge is 0.317 e. The first-order valence-corrected chi connectivity index (χ1v) is 11.4. The summed E-state index contributed by atoms with van der Waals surface area (Å²) >= 11 is 7.32. The van der Waals surface area contributed by atoms with Crippen molar-refractivity contribution >= 4 is 51.7 Å². The van der Waals surface area contributed by atoms with Gasteiger partial charge in [0.25, 0.3) is 0 Å². The number of hydrogen-bond donors (Lipinski definition) is 2. The van der Waals surface area contributed by atoms with Gasteiger partial charge in [0.15, 0.2) is 5.16 Å². The highest BCUT2D eigenvalue weighted by atomic mass is 35.5. The lowest BCUT2D eigenvalue weighted by Crippen LogP contribution is -2.17. The molecule has 0 saturated carbocycles. The Hall–Kier alpha value is -2.38. The van der Waals surface area contributed by atoms with Gasteiger partial charge in [-0.1, -0.05) is 68.5 Å². The van der Waals surface area contributed by atoms with Crippen molar-refractivity contribution in [2.45, 2.75) is 55.9 Å². The Labute approximate surface area is 185 Å². The number of nitrogens with one attached hydrogen (secondary N) is 1. The highest BCUT2D eigenvalue weighted by molar-refractivity contribution is 8.00. The van der Waals surface area contributed by atoms with Crippen molar-refractivity contribution in [2.75, 3.05) is 5.32 Å². The summed E-state index contributed by atoms with van der Waals surface area (Å²) in [5, 5.41) is 13.8. The fourth-order valence-electron chi connectivity index (χ4n) is 3.11. The molecule has 0 radical (unpaired) electrons. The molecule has 1 unspecified atom stereocenters. The molecule has 30 heavy (non-hydrogen) atoms. The van der Waals surface area contributed by atoms with Gasteiger partial charge in [-0.05, 0) is 30.7 Å². The summed E-state index contributed by atoms with van der Waals surface area (Å²) in [5.41, 5.74) is 1.75. The Balaban J connectivity index is 1.69. The highest BCUT2D eigenvalue weighted by Crippen LogP contribution is 2.28. The molecule has 0 spiro atoms. The first-order valence-electron chi connectivity index (χ1n) is 10.1. The molecule has 8 heteroatoms. The van der Waals surface area contributed by atoms with Gasteiger partial charge in [-0.3, -0.25) is 9.78 Å². The number of aromatic nitrogens is 3. The highest BCUT2D eigenvalue weighted by Gasteiger charge is 2.20. The fourth-order valence-corrected chi connectivity index (χ4v) is 4.28. The maximum absolute atomic E-state index is 11.7. The summed E-state index contributed by atoms with van der Waals surface area (Å²) in [6, 6.07) is 11.3. The molecule has 3 aromatic rings. The number of carbonyl (C=O) groups is 1. The maximum Gasteiger partial charge on any atom is 0.317 e. The zero-order chi connectivity index (χ0) is 21.3. The minimum absolute atomic E-state index is 0.268. The van der Waals surface area contributed by atoms with E-state index in [-0.39, 0.29) is 5.15 Å². The molecule has 0 fully saturated rings. The summed E-state index contributed by atoms with van der Waals surface area (Å²) in [6.07, 6.45) is 7.74. The molecule has 0 bridgehead atoms. The van der Waals surface area contributed by atoms with E-state index in [1.807, 2.05) is 30.3 Å². The molecule has 0 aliphatic carbocycles. The molecule has 2 heterocycles. The van der Waals surface area contributed by atoms with Gasteiger partial charge in [-0.15, -0.1) is 0 Å². The van der Waals surface area contributed by atoms with Gasteiger partial charge in [0.2, 0.25) is 0 Å². The van der Waals surface area contributed by atoms with Crippen molar-refractivity contribution in [1.82, 2.24) is 15.0 Å². The molecule has 1 aromatic carbocycles. The van der Waals surface area contributed by atoms with Gasteiger partial charge in [0.05, 0.1) is 5.52 Å². The van der Waals surface area contributed by atoms with E-state index >= 15 is 0 Å². The minimum atomic E-state index is -0.851. The number of carboxylic acid groups (broad SMARTS) is 1. The van der Waals surface area contributed by atoms with Crippen LogP contribution in [0.5, 0.6) is 0 Å². The Morgan fingerprint density at radius 2 is 2.00 bits per heavy atom. The van der Waals surface area contributed by atoms with Crippen LogP contribution in [0.4, 0.5) is 11.5 Å². The molecule has 158 valence electrons. The van der Waals surface area contributed by atoms with Gasteiger partial charge in [0.1, 0.15) is 16.2 Å². The van der Waals surface area contributed by atoms with Crippen molar-refractivity contribution in [1.29, 1.82) is 0 Å². The Morgan fingerprint density at radius 1 is 1.17 bits per heavy atom. The predicted octanol–water partition coefficient (Wildman–Crippen LogP) is 6.33. The molecule has 0 saturated heterocycles. The summed E-state index contributed by atoms with van der Waals surface area (Å²) in [4.78, 5) is 24.7. The number of benzene rings is 1. The van der Waals surface area contributed by atoms with Crippen LogP contribution in [0, 0.1) is 0 Å². The number of unbranched alkanes of at least 4 members (excludes halogenated alkanes) is 4. The molecule has 1 atom stereocenters. The fraction of sp³-hybridized carbons (Fsp3) is 0.364. The topological polar surface area (TPSA) is 88.0 Å². The van der Waals surface area contributed by atoms with Crippen LogP contribution in [0.2, 0.25) is 5.15 Å². The number of thioether (sulfide) groups is 1. The van der Waals surface area contributed by atoms with Crippen molar-refractivity contribution in [3.8, 4) is 0 Å². The molecule has 0 amide bonds. The molecule has 3 rings (SSSR count). The summed E-state index contributed by atoms with van der Waals surface area (Å²) in [5.74, 6) is -0.330. The quantitative estimate of drug-likeness (QED) is 0.154.